The lowest BCUT2D eigenvalue weighted by atomic mass is 9.80. The zero-order valence-electron chi connectivity index (χ0n) is 21.0. The monoisotopic (exact) mass is 478 g/mol. The Morgan fingerprint density at radius 1 is 1.00 bits per heavy atom. The average Bonchev–Trinajstić information content (AvgIpc) is 3.44. The van der Waals surface area contributed by atoms with Crippen molar-refractivity contribution < 1.29 is 28.2 Å². The van der Waals surface area contributed by atoms with E-state index in [4.69, 9.17) is 14.2 Å². The molecule has 1 aliphatic carbocycles. The lowest BCUT2D eigenvalue weighted by Crippen LogP contribution is -2.31. The largest absolute Gasteiger partial charge is 0.454 e. The van der Waals surface area contributed by atoms with E-state index in [2.05, 4.69) is 0 Å². The summed E-state index contributed by atoms with van der Waals surface area (Å²) in [5.74, 6) is -0.318. The van der Waals surface area contributed by atoms with Gasteiger partial charge >= 0.3 is 5.97 Å². The van der Waals surface area contributed by atoms with Crippen molar-refractivity contribution in [1.82, 2.24) is 0 Å². The molecule has 0 amide bonds. The summed E-state index contributed by atoms with van der Waals surface area (Å²) in [6.07, 6.45) is 1.46. The van der Waals surface area contributed by atoms with Crippen molar-refractivity contribution in [3.05, 3.63) is 64.2 Å². The maximum atomic E-state index is 14.4. The molecular weight excluding hydrogens is 447 g/mol. The fourth-order valence-electron chi connectivity index (χ4n) is 5.61. The van der Waals surface area contributed by atoms with E-state index in [-0.39, 0.29) is 41.5 Å². The Labute approximate surface area is 205 Å². The summed E-state index contributed by atoms with van der Waals surface area (Å²) in [5.41, 5.74) is 2.92. The Morgan fingerprint density at radius 2 is 1.63 bits per heavy atom. The maximum Gasteiger partial charge on any atom is 0.316 e. The van der Waals surface area contributed by atoms with Gasteiger partial charge in [-0.15, -0.1) is 0 Å². The molecule has 2 bridgehead atoms. The van der Waals surface area contributed by atoms with E-state index in [1.165, 1.54) is 6.07 Å². The summed E-state index contributed by atoms with van der Waals surface area (Å²) in [6.45, 7) is 11.0. The number of aryl methyl sites for hydroxylation is 3. The molecule has 6 heteroatoms. The first-order valence-electron chi connectivity index (χ1n) is 12.2. The first-order valence-corrected chi connectivity index (χ1v) is 12.2. The molecule has 2 aliphatic heterocycles. The van der Waals surface area contributed by atoms with Gasteiger partial charge in [0.2, 0.25) is 0 Å². The summed E-state index contributed by atoms with van der Waals surface area (Å²) in [5, 5.41) is 0. The van der Waals surface area contributed by atoms with E-state index in [1.807, 2.05) is 20.8 Å². The highest BCUT2D eigenvalue weighted by Gasteiger charge is 2.60. The molecule has 3 aliphatic rings. The van der Waals surface area contributed by atoms with Crippen molar-refractivity contribution in [3.8, 4) is 11.5 Å². The predicted molar refractivity (Wildman–Crippen MR) is 129 cm³/mol. The van der Waals surface area contributed by atoms with Gasteiger partial charge in [0.25, 0.3) is 0 Å². The molecule has 0 saturated carbocycles. The lowest BCUT2D eigenvalue weighted by molar-refractivity contribution is -0.149. The molecule has 0 aromatic heterocycles. The second-order valence-corrected chi connectivity index (χ2v) is 11.1. The number of benzene rings is 2. The molecule has 2 aromatic rings. The number of esters is 1. The van der Waals surface area contributed by atoms with Crippen LogP contribution in [-0.4, -0.2) is 24.0 Å². The minimum absolute atomic E-state index is 0.0247. The molecule has 0 spiro atoms. The van der Waals surface area contributed by atoms with Gasteiger partial charge in [-0.2, -0.15) is 0 Å². The summed E-state index contributed by atoms with van der Waals surface area (Å²) in [6, 6.07) is 8.41. The average molecular weight is 479 g/mol. The van der Waals surface area contributed by atoms with Gasteiger partial charge in [-0.25, -0.2) is 4.39 Å². The summed E-state index contributed by atoms with van der Waals surface area (Å²) in [7, 11) is 0. The normalized spacial score (nSPS) is 25.3. The molecule has 35 heavy (non-hydrogen) atoms. The highest BCUT2D eigenvalue weighted by molar-refractivity contribution is 6.26. The fourth-order valence-corrected chi connectivity index (χ4v) is 5.61. The summed E-state index contributed by atoms with van der Waals surface area (Å²) in [4.78, 5) is 26.7. The van der Waals surface area contributed by atoms with Gasteiger partial charge in [0.05, 0.1) is 35.0 Å². The van der Waals surface area contributed by atoms with Gasteiger partial charge in [0.15, 0.2) is 17.3 Å². The standard InChI is InChI=1S/C29H31FO5/c1-14-7-8-19(18(30)11-14)33-17-12-15(2)22(16(3)13-17)25-26(31)23-20-9-10-21(34-20)24(23)27(25)35-28(32)29(4,5)6/h7-8,11-13,20-21,23-24H,9-10H2,1-6H3/t20-,21+,23-,24+/m0/s1. The summed E-state index contributed by atoms with van der Waals surface area (Å²) >= 11 is 0. The van der Waals surface area contributed by atoms with Crippen LogP contribution in [0.5, 0.6) is 11.5 Å². The number of allylic oxidation sites excluding steroid dienone is 1. The van der Waals surface area contributed by atoms with Crippen molar-refractivity contribution in [2.45, 2.75) is 66.6 Å². The highest BCUT2D eigenvalue weighted by Crippen LogP contribution is 2.55. The number of ketones is 1. The molecule has 4 atom stereocenters. The fraction of sp³-hybridized carbons (Fsp3) is 0.448. The van der Waals surface area contributed by atoms with Gasteiger partial charge in [0, 0.05) is 0 Å². The number of carbonyl (C=O) groups excluding carboxylic acids is 2. The van der Waals surface area contributed by atoms with Gasteiger partial charge in [-0.3, -0.25) is 9.59 Å². The molecule has 0 radical (unpaired) electrons. The van der Waals surface area contributed by atoms with Crippen LogP contribution in [0.25, 0.3) is 5.57 Å². The molecular formula is C29H31FO5. The van der Waals surface area contributed by atoms with Crippen molar-refractivity contribution in [1.29, 1.82) is 0 Å². The van der Waals surface area contributed by atoms with Crippen LogP contribution >= 0.6 is 0 Å². The zero-order chi connectivity index (χ0) is 25.2. The maximum absolute atomic E-state index is 14.4. The molecule has 5 nitrogen and oxygen atoms in total. The van der Waals surface area contributed by atoms with Crippen LogP contribution in [0.3, 0.4) is 0 Å². The summed E-state index contributed by atoms with van der Waals surface area (Å²) < 4.78 is 32.3. The van der Waals surface area contributed by atoms with Crippen LogP contribution < -0.4 is 4.74 Å². The Balaban J connectivity index is 1.57. The van der Waals surface area contributed by atoms with Crippen LogP contribution in [0.2, 0.25) is 0 Å². The highest BCUT2D eigenvalue weighted by atomic mass is 19.1. The zero-order valence-corrected chi connectivity index (χ0v) is 21.0. The van der Waals surface area contributed by atoms with E-state index >= 15 is 0 Å². The van der Waals surface area contributed by atoms with Crippen LogP contribution in [0.15, 0.2) is 36.1 Å². The predicted octanol–water partition coefficient (Wildman–Crippen LogP) is 6.22. The number of ether oxygens (including phenoxy) is 3. The molecule has 0 unspecified atom stereocenters. The SMILES string of the molecule is Cc1ccc(Oc2cc(C)c(C3=C(OC(=O)C(C)(C)C)[C@H]4[C@@H](C3=O)[C@@H]3CC[C@H]4O3)c(C)c2)c(F)c1. The number of hydrogen-bond donors (Lipinski definition) is 0. The molecule has 2 fully saturated rings. The Kier molecular flexibility index (Phi) is 5.63. The Bertz CT molecular complexity index is 1250. The number of fused-ring (bicyclic) bond motifs is 5. The van der Waals surface area contributed by atoms with Crippen LogP contribution in [0.4, 0.5) is 4.39 Å². The van der Waals surface area contributed by atoms with E-state index in [0.717, 1.165) is 35.1 Å². The number of carbonyl (C=O) groups is 2. The topological polar surface area (TPSA) is 61.8 Å². The molecule has 0 N–H and O–H groups in total. The molecule has 2 heterocycles. The second-order valence-electron chi connectivity index (χ2n) is 11.1. The number of Topliss-reactive ketones (excluding diaryl/α,β-unsaturated/α-hetero) is 1. The van der Waals surface area contributed by atoms with Crippen LogP contribution in [0.1, 0.15) is 55.9 Å². The third kappa shape index (κ3) is 3.98. The van der Waals surface area contributed by atoms with Gasteiger partial charge in [-0.1, -0.05) is 6.07 Å². The van der Waals surface area contributed by atoms with E-state index in [9.17, 15) is 14.0 Å². The molecule has 2 saturated heterocycles. The second kappa shape index (κ2) is 8.30. The van der Waals surface area contributed by atoms with Crippen molar-refractivity contribution >= 4 is 17.3 Å². The van der Waals surface area contributed by atoms with Gasteiger partial charge in [0.1, 0.15) is 11.5 Å². The minimum atomic E-state index is -0.711. The number of halogens is 1. The molecule has 2 aromatic carbocycles. The molecule has 184 valence electrons. The van der Waals surface area contributed by atoms with E-state index < -0.39 is 11.2 Å². The van der Waals surface area contributed by atoms with Crippen molar-refractivity contribution in [3.63, 3.8) is 0 Å². The number of rotatable bonds is 4. The molecule has 5 rings (SSSR count). The van der Waals surface area contributed by atoms with Crippen LogP contribution in [-0.2, 0) is 19.1 Å². The van der Waals surface area contributed by atoms with Crippen molar-refractivity contribution in [2.75, 3.05) is 0 Å². The lowest BCUT2D eigenvalue weighted by Gasteiger charge is -2.24. The van der Waals surface area contributed by atoms with Gasteiger partial charge in [-0.05, 0) is 101 Å². The van der Waals surface area contributed by atoms with E-state index in [0.29, 0.717) is 17.1 Å². The smallest absolute Gasteiger partial charge is 0.316 e. The Morgan fingerprint density at radius 3 is 2.23 bits per heavy atom. The van der Waals surface area contributed by atoms with Crippen molar-refractivity contribution in [2.24, 2.45) is 17.3 Å². The third-order valence-corrected chi connectivity index (χ3v) is 7.26. The van der Waals surface area contributed by atoms with Crippen LogP contribution in [0, 0.1) is 43.8 Å². The first kappa shape index (κ1) is 23.7. The first-order chi connectivity index (χ1) is 16.5. The third-order valence-electron chi connectivity index (χ3n) is 7.26. The minimum Gasteiger partial charge on any atom is -0.454 e. The number of hydrogen-bond acceptors (Lipinski definition) is 5. The Hall–Kier alpha value is -2.99. The van der Waals surface area contributed by atoms with E-state index in [1.54, 1.807) is 45.0 Å². The quantitative estimate of drug-likeness (QED) is 0.488. The van der Waals surface area contributed by atoms with Gasteiger partial charge < -0.3 is 14.2 Å².